The number of carbonyl (C=O) groups excluding carboxylic acids is 2. The maximum atomic E-state index is 13.0. The van der Waals surface area contributed by atoms with Crippen molar-refractivity contribution in [1.82, 2.24) is 10.3 Å². The van der Waals surface area contributed by atoms with Crippen molar-refractivity contribution in [3.8, 4) is 0 Å². The standard InChI is InChI=1S/C19H20Cl2N2O3/c1-9-14(18(25)26-4)15(10-5-6-13(20)23-17(10)21)16-11(22-9)7-19(2,3)8-12(16)24/h5-6,15,22H,7-8H2,1-4H3/t15-/m1/s1. The van der Waals surface area contributed by atoms with E-state index in [1.807, 2.05) is 0 Å². The Balaban J connectivity index is 2.24. The zero-order valence-corrected chi connectivity index (χ0v) is 16.6. The monoisotopic (exact) mass is 394 g/mol. The minimum absolute atomic E-state index is 0.00586. The van der Waals surface area contributed by atoms with Gasteiger partial charge in [0.05, 0.1) is 18.6 Å². The Kier molecular flexibility index (Phi) is 4.88. The Bertz CT molecular complexity index is 872. The number of pyridine rings is 1. The third-order valence-corrected chi connectivity index (χ3v) is 5.31. The molecule has 1 aliphatic carbocycles. The SMILES string of the molecule is COC(=O)C1=C(C)NC2=C(C(=O)CC(C)(C)C2)[C@@H]1c1ccc(Cl)nc1Cl. The van der Waals surface area contributed by atoms with Crippen LogP contribution in [0.15, 0.2) is 34.7 Å². The van der Waals surface area contributed by atoms with Gasteiger partial charge in [0.2, 0.25) is 0 Å². The fourth-order valence-electron chi connectivity index (χ4n) is 3.77. The summed E-state index contributed by atoms with van der Waals surface area (Å²) in [5, 5.41) is 3.67. The molecule has 26 heavy (non-hydrogen) atoms. The summed E-state index contributed by atoms with van der Waals surface area (Å²) < 4.78 is 4.97. The van der Waals surface area contributed by atoms with Crippen molar-refractivity contribution in [2.75, 3.05) is 7.11 Å². The number of hydrogen-bond donors (Lipinski definition) is 1. The summed E-state index contributed by atoms with van der Waals surface area (Å²) in [5.74, 6) is -1.14. The first-order valence-electron chi connectivity index (χ1n) is 8.29. The maximum absolute atomic E-state index is 13.0. The van der Waals surface area contributed by atoms with Crippen LogP contribution < -0.4 is 5.32 Å². The first-order chi connectivity index (χ1) is 12.1. The number of nitrogens with one attached hydrogen (secondary N) is 1. The Morgan fingerprint density at radius 1 is 1.31 bits per heavy atom. The lowest BCUT2D eigenvalue weighted by Crippen LogP contribution is -2.38. The Labute approximate surface area is 162 Å². The zero-order valence-electron chi connectivity index (χ0n) is 15.1. The first kappa shape index (κ1) is 18.9. The van der Waals surface area contributed by atoms with Crippen LogP contribution in [0.5, 0.6) is 0 Å². The third-order valence-electron chi connectivity index (χ3n) is 4.80. The second-order valence-electron chi connectivity index (χ2n) is 7.44. The molecule has 0 saturated heterocycles. The van der Waals surface area contributed by atoms with E-state index in [1.165, 1.54) is 7.11 Å². The Morgan fingerprint density at radius 3 is 2.62 bits per heavy atom. The molecule has 3 rings (SSSR count). The average molecular weight is 395 g/mol. The number of halogens is 2. The summed E-state index contributed by atoms with van der Waals surface area (Å²) in [4.78, 5) is 29.6. The van der Waals surface area contributed by atoms with Crippen molar-refractivity contribution >= 4 is 35.0 Å². The van der Waals surface area contributed by atoms with E-state index in [0.29, 0.717) is 35.2 Å². The number of methoxy groups -OCH3 is 1. The molecule has 0 radical (unpaired) electrons. The molecule has 0 aromatic carbocycles. The van der Waals surface area contributed by atoms with Gasteiger partial charge >= 0.3 is 5.97 Å². The van der Waals surface area contributed by atoms with Crippen molar-refractivity contribution in [2.45, 2.75) is 39.5 Å². The smallest absolute Gasteiger partial charge is 0.336 e. The molecule has 5 nitrogen and oxygen atoms in total. The minimum Gasteiger partial charge on any atom is -0.466 e. The average Bonchev–Trinajstić information content (AvgIpc) is 2.51. The van der Waals surface area contributed by atoms with Crippen molar-refractivity contribution in [3.63, 3.8) is 0 Å². The number of hydrogen-bond acceptors (Lipinski definition) is 5. The molecular formula is C19H20Cl2N2O3. The summed E-state index contributed by atoms with van der Waals surface area (Å²) >= 11 is 12.3. The van der Waals surface area contributed by atoms with Gasteiger partial charge in [0, 0.05) is 29.0 Å². The van der Waals surface area contributed by atoms with Crippen LogP contribution in [-0.4, -0.2) is 23.8 Å². The third kappa shape index (κ3) is 3.26. The number of nitrogens with zero attached hydrogens (tertiary/aromatic N) is 1. The second kappa shape index (κ2) is 6.71. The van der Waals surface area contributed by atoms with E-state index < -0.39 is 11.9 Å². The number of esters is 1. The van der Waals surface area contributed by atoms with Gasteiger partial charge in [-0.25, -0.2) is 9.78 Å². The van der Waals surface area contributed by atoms with E-state index in [4.69, 9.17) is 27.9 Å². The van der Waals surface area contributed by atoms with Crippen molar-refractivity contribution in [2.24, 2.45) is 5.41 Å². The van der Waals surface area contributed by atoms with E-state index in [2.05, 4.69) is 24.1 Å². The first-order valence-corrected chi connectivity index (χ1v) is 9.04. The highest BCUT2D eigenvalue weighted by molar-refractivity contribution is 6.33. The molecule has 0 unspecified atom stereocenters. The number of ketones is 1. The molecular weight excluding hydrogens is 375 g/mol. The summed E-state index contributed by atoms with van der Waals surface area (Å²) in [7, 11) is 1.32. The molecule has 0 saturated carbocycles. The van der Waals surface area contributed by atoms with Crippen LogP contribution in [0.3, 0.4) is 0 Å². The fraction of sp³-hybridized carbons (Fsp3) is 0.421. The topological polar surface area (TPSA) is 68.3 Å². The van der Waals surface area contributed by atoms with Crippen molar-refractivity contribution in [1.29, 1.82) is 0 Å². The molecule has 2 aliphatic rings. The van der Waals surface area contributed by atoms with Crippen molar-refractivity contribution < 1.29 is 14.3 Å². The van der Waals surface area contributed by atoms with E-state index in [-0.39, 0.29) is 21.5 Å². The number of aromatic nitrogens is 1. The largest absolute Gasteiger partial charge is 0.466 e. The van der Waals surface area contributed by atoms with E-state index in [9.17, 15) is 9.59 Å². The normalized spacial score (nSPS) is 22.1. The molecule has 0 spiro atoms. The molecule has 1 N–H and O–H groups in total. The molecule has 0 bridgehead atoms. The lowest BCUT2D eigenvalue weighted by Gasteiger charge is -2.39. The predicted octanol–water partition coefficient (Wildman–Crippen LogP) is 4.17. The van der Waals surface area contributed by atoms with Crippen LogP contribution in [0.25, 0.3) is 0 Å². The van der Waals surface area contributed by atoms with Crippen molar-refractivity contribution in [3.05, 3.63) is 50.5 Å². The number of allylic oxidation sites excluding steroid dienone is 3. The van der Waals surface area contributed by atoms with Crippen LogP contribution in [0, 0.1) is 5.41 Å². The Hall–Kier alpha value is -1.85. The molecule has 0 amide bonds. The molecule has 2 heterocycles. The fourth-order valence-corrected chi connectivity index (χ4v) is 4.22. The highest BCUT2D eigenvalue weighted by atomic mass is 35.5. The lowest BCUT2D eigenvalue weighted by molar-refractivity contribution is -0.136. The quantitative estimate of drug-likeness (QED) is 0.602. The number of carbonyl (C=O) groups is 2. The Morgan fingerprint density at radius 2 is 2.00 bits per heavy atom. The minimum atomic E-state index is -0.625. The van der Waals surface area contributed by atoms with Crippen LogP contribution >= 0.6 is 23.2 Å². The molecule has 138 valence electrons. The second-order valence-corrected chi connectivity index (χ2v) is 8.18. The van der Waals surface area contributed by atoms with Gasteiger partial charge in [-0.2, -0.15) is 0 Å². The maximum Gasteiger partial charge on any atom is 0.336 e. The molecule has 1 atom stereocenters. The zero-order chi connectivity index (χ0) is 19.2. The number of dihydropyridines is 1. The van der Waals surface area contributed by atoms with Crippen LogP contribution in [0.4, 0.5) is 0 Å². The number of rotatable bonds is 2. The predicted molar refractivity (Wildman–Crippen MR) is 99.9 cm³/mol. The summed E-state index contributed by atoms with van der Waals surface area (Å²) in [6, 6.07) is 3.31. The van der Waals surface area contributed by atoms with E-state index in [1.54, 1.807) is 19.1 Å². The lowest BCUT2D eigenvalue weighted by atomic mass is 9.69. The van der Waals surface area contributed by atoms with Gasteiger partial charge in [-0.05, 0) is 24.8 Å². The molecule has 0 fully saturated rings. The van der Waals surface area contributed by atoms with Gasteiger partial charge in [0.15, 0.2) is 5.78 Å². The molecule has 7 heteroatoms. The highest BCUT2D eigenvalue weighted by Gasteiger charge is 2.43. The van der Waals surface area contributed by atoms with Gasteiger partial charge in [0.1, 0.15) is 10.3 Å². The van der Waals surface area contributed by atoms with Crippen LogP contribution in [-0.2, 0) is 14.3 Å². The van der Waals surface area contributed by atoms with Crippen LogP contribution in [0.2, 0.25) is 10.3 Å². The van der Waals surface area contributed by atoms with E-state index >= 15 is 0 Å². The number of ether oxygens (including phenoxy) is 1. The van der Waals surface area contributed by atoms with E-state index in [0.717, 1.165) is 5.70 Å². The van der Waals surface area contributed by atoms with Crippen LogP contribution in [0.1, 0.15) is 45.1 Å². The number of Topliss-reactive ketones (excluding diaryl/α,β-unsaturated/α-hetero) is 1. The molecule has 1 aromatic heterocycles. The van der Waals surface area contributed by atoms with Gasteiger partial charge in [-0.1, -0.05) is 43.1 Å². The van der Waals surface area contributed by atoms with Gasteiger partial charge in [-0.3, -0.25) is 4.79 Å². The highest BCUT2D eigenvalue weighted by Crippen LogP contribution is 2.47. The summed E-state index contributed by atoms with van der Waals surface area (Å²) in [5.41, 5.74) is 2.81. The molecule has 1 aromatic rings. The van der Waals surface area contributed by atoms with Gasteiger partial charge < -0.3 is 10.1 Å². The molecule has 1 aliphatic heterocycles. The summed E-state index contributed by atoms with van der Waals surface area (Å²) in [6.45, 7) is 5.90. The van der Waals surface area contributed by atoms with Gasteiger partial charge in [0.25, 0.3) is 0 Å². The summed E-state index contributed by atoms with van der Waals surface area (Å²) in [6.07, 6.45) is 1.10. The van der Waals surface area contributed by atoms with Gasteiger partial charge in [-0.15, -0.1) is 0 Å².